The van der Waals surface area contributed by atoms with Crippen molar-refractivity contribution in [2.45, 2.75) is 13.2 Å². The molecule has 1 N–H and O–H groups in total. The number of rotatable bonds is 5. The standard InChI is InChI=1S/C17H16N2O2/c1-21-12-15-4-2-14(3-5-15)11-19-17(20)16-8-6-13(10-18)7-9-16/h2-9H,11-12H2,1H3,(H,19,20). The zero-order valence-electron chi connectivity index (χ0n) is 11.8. The molecule has 0 unspecified atom stereocenters. The van der Waals surface area contributed by atoms with E-state index in [0.717, 1.165) is 11.1 Å². The van der Waals surface area contributed by atoms with E-state index in [1.807, 2.05) is 30.3 Å². The Bertz CT molecular complexity index is 640. The molecule has 0 atom stereocenters. The molecule has 0 fully saturated rings. The van der Waals surface area contributed by atoms with Gasteiger partial charge in [0.2, 0.25) is 0 Å². The zero-order valence-corrected chi connectivity index (χ0v) is 11.8. The van der Waals surface area contributed by atoms with Crippen LogP contribution in [0.15, 0.2) is 48.5 Å². The summed E-state index contributed by atoms with van der Waals surface area (Å²) in [5, 5.41) is 11.6. The van der Waals surface area contributed by atoms with Crippen LogP contribution < -0.4 is 5.32 Å². The maximum absolute atomic E-state index is 12.0. The van der Waals surface area contributed by atoms with Gasteiger partial charge in [-0.1, -0.05) is 24.3 Å². The van der Waals surface area contributed by atoms with Gasteiger partial charge in [0.1, 0.15) is 0 Å². The van der Waals surface area contributed by atoms with E-state index in [4.69, 9.17) is 10.00 Å². The van der Waals surface area contributed by atoms with Crippen LogP contribution in [-0.4, -0.2) is 13.0 Å². The van der Waals surface area contributed by atoms with Crippen LogP contribution >= 0.6 is 0 Å². The van der Waals surface area contributed by atoms with Crippen LogP contribution in [0.1, 0.15) is 27.0 Å². The third kappa shape index (κ3) is 4.16. The van der Waals surface area contributed by atoms with Crippen molar-refractivity contribution in [1.82, 2.24) is 5.32 Å². The Hall–Kier alpha value is -2.64. The Morgan fingerprint density at radius 3 is 2.29 bits per heavy atom. The molecule has 0 aliphatic rings. The predicted molar refractivity (Wildman–Crippen MR) is 79.5 cm³/mol. The Morgan fingerprint density at radius 2 is 1.71 bits per heavy atom. The van der Waals surface area contributed by atoms with E-state index in [2.05, 4.69) is 5.32 Å². The van der Waals surface area contributed by atoms with Gasteiger partial charge in [0.05, 0.1) is 18.2 Å². The fourth-order valence-corrected chi connectivity index (χ4v) is 1.90. The Morgan fingerprint density at radius 1 is 1.10 bits per heavy atom. The molecule has 21 heavy (non-hydrogen) atoms. The van der Waals surface area contributed by atoms with Crippen LogP contribution in [-0.2, 0) is 17.9 Å². The van der Waals surface area contributed by atoms with E-state index in [1.165, 1.54) is 0 Å². The van der Waals surface area contributed by atoms with Crippen LogP contribution in [0, 0.1) is 11.3 Å². The van der Waals surface area contributed by atoms with Crippen molar-refractivity contribution in [1.29, 1.82) is 5.26 Å². The van der Waals surface area contributed by atoms with Crippen LogP contribution in [0.25, 0.3) is 0 Å². The summed E-state index contributed by atoms with van der Waals surface area (Å²) < 4.78 is 5.05. The van der Waals surface area contributed by atoms with Gasteiger partial charge in [-0.2, -0.15) is 5.26 Å². The molecule has 2 aromatic rings. The largest absolute Gasteiger partial charge is 0.380 e. The molecule has 2 rings (SSSR count). The molecule has 0 aliphatic carbocycles. The Kier molecular flexibility index (Phi) is 5.08. The van der Waals surface area contributed by atoms with Crippen molar-refractivity contribution in [3.05, 3.63) is 70.8 Å². The van der Waals surface area contributed by atoms with Gasteiger partial charge in [0.15, 0.2) is 0 Å². The first-order chi connectivity index (χ1) is 10.2. The summed E-state index contributed by atoms with van der Waals surface area (Å²) in [5.41, 5.74) is 3.21. The number of nitrogens with one attached hydrogen (secondary N) is 1. The highest BCUT2D eigenvalue weighted by Gasteiger charge is 2.05. The Labute approximate surface area is 124 Å². The number of hydrogen-bond donors (Lipinski definition) is 1. The highest BCUT2D eigenvalue weighted by Crippen LogP contribution is 2.07. The zero-order chi connectivity index (χ0) is 15.1. The number of hydrogen-bond acceptors (Lipinski definition) is 3. The van der Waals surface area contributed by atoms with Crippen LogP contribution in [0.3, 0.4) is 0 Å². The average molecular weight is 280 g/mol. The van der Waals surface area contributed by atoms with E-state index < -0.39 is 0 Å². The number of amides is 1. The molecule has 4 heteroatoms. The number of nitriles is 1. The lowest BCUT2D eigenvalue weighted by Crippen LogP contribution is -2.22. The second-order valence-corrected chi connectivity index (χ2v) is 4.62. The maximum Gasteiger partial charge on any atom is 0.251 e. The molecular weight excluding hydrogens is 264 g/mol. The summed E-state index contributed by atoms with van der Waals surface area (Å²) in [6.45, 7) is 1.05. The van der Waals surface area contributed by atoms with Crippen molar-refractivity contribution in [3.8, 4) is 6.07 Å². The minimum atomic E-state index is -0.152. The molecule has 0 aliphatic heterocycles. The number of nitrogens with zero attached hydrogens (tertiary/aromatic N) is 1. The first-order valence-corrected chi connectivity index (χ1v) is 6.58. The summed E-state index contributed by atoms with van der Waals surface area (Å²) in [7, 11) is 1.66. The maximum atomic E-state index is 12.0. The van der Waals surface area contributed by atoms with Gasteiger partial charge in [-0.15, -0.1) is 0 Å². The van der Waals surface area contributed by atoms with E-state index in [-0.39, 0.29) is 5.91 Å². The highest BCUT2D eigenvalue weighted by atomic mass is 16.5. The lowest BCUT2D eigenvalue weighted by Gasteiger charge is -2.06. The van der Waals surface area contributed by atoms with Gasteiger partial charge in [0, 0.05) is 19.2 Å². The quantitative estimate of drug-likeness (QED) is 0.915. The summed E-state index contributed by atoms with van der Waals surface area (Å²) in [6, 6.07) is 16.5. The average Bonchev–Trinajstić information content (AvgIpc) is 2.54. The second-order valence-electron chi connectivity index (χ2n) is 4.62. The molecule has 0 spiro atoms. The van der Waals surface area contributed by atoms with Crippen LogP contribution in [0.2, 0.25) is 0 Å². The van der Waals surface area contributed by atoms with Crippen molar-refractivity contribution in [3.63, 3.8) is 0 Å². The van der Waals surface area contributed by atoms with Gasteiger partial charge in [0.25, 0.3) is 5.91 Å². The van der Waals surface area contributed by atoms with Crippen molar-refractivity contribution >= 4 is 5.91 Å². The predicted octanol–water partition coefficient (Wildman–Crippen LogP) is 2.63. The lowest BCUT2D eigenvalue weighted by atomic mass is 10.1. The van der Waals surface area contributed by atoms with Crippen LogP contribution in [0.4, 0.5) is 0 Å². The van der Waals surface area contributed by atoms with E-state index >= 15 is 0 Å². The van der Waals surface area contributed by atoms with Gasteiger partial charge < -0.3 is 10.1 Å². The number of carbonyl (C=O) groups excluding carboxylic acids is 1. The molecule has 0 radical (unpaired) electrons. The molecule has 0 saturated heterocycles. The number of carbonyl (C=O) groups is 1. The fourth-order valence-electron chi connectivity index (χ4n) is 1.90. The molecule has 0 saturated carbocycles. The third-order valence-electron chi connectivity index (χ3n) is 3.06. The number of methoxy groups -OCH3 is 1. The first-order valence-electron chi connectivity index (χ1n) is 6.58. The summed E-state index contributed by atoms with van der Waals surface area (Å²) in [5.74, 6) is -0.152. The monoisotopic (exact) mass is 280 g/mol. The fraction of sp³-hybridized carbons (Fsp3) is 0.176. The topological polar surface area (TPSA) is 62.1 Å². The molecular formula is C17H16N2O2. The molecule has 1 amide bonds. The van der Waals surface area contributed by atoms with Crippen molar-refractivity contribution in [2.75, 3.05) is 7.11 Å². The highest BCUT2D eigenvalue weighted by molar-refractivity contribution is 5.94. The Balaban J connectivity index is 1.92. The molecule has 4 nitrogen and oxygen atoms in total. The molecule has 0 bridgehead atoms. The number of ether oxygens (including phenoxy) is 1. The van der Waals surface area contributed by atoms with Crippen molar-refractivity contribution < 1.29 is 9.53 Å². The molecule has 2 aromatic carbocycles. The minimum absolute atomic E-state index is 0.152. The van der Waals surface area contributed by atoms with E-state index in [1.54, 1.807) is 31.4 Å². The van der Waals surface area contributed by atoms with Gasteiger partial charge in [-0.3, -0.25) is 4.79 Å². The number of benzene rings is 2. The van der Waals surface area contributed by atoms with Crippen molar-refractivity contribution in [2.24, 2.45) is 0 Å². The molecule has 0 aromatic heterocycles. The van der Waals surface area contributed by atoms with E-state index in [0.29, 0.717) is 24.3 Å². The van der Waals surface area contributed by atoms with Gasteiger partial charge >= 0.3 is 0 Å². The minimum Gasteiger partial charge on any atom is -0.380 e. The lowest BCUT2D eigenvalue weighted by molar-refractivity contribution is 0.0951. The molecule has 106 valence electrons. The smallest absolute Gasteiger partial charge is 0.251 e. The van der Waals surface area contributed by atoms with Crippen LogP contribution in [0.5, 0.6) is 0 Å². The summed E-state index contributed by atoms with van der Waals surface area (Å²) >= 11 is 0. The third-order valence-corrected chi connectivity index (χ3v) is 3.06. The SMILES string of the molecule is COCc1ccc(CNC(=O)c2ccc(C#N)cc2)cc1. The first kappa shape index (κ1) is 14.8. The van der Waals surface area contributed by atoms with Gasteiger partial charge in [-0.05, 0) is 35.4 Å². The summed E-state index contributed by atoms with van der Waals surface area (Å²) in [4.78, 5) is 12.0. The summed E-state index contributed by atoms with van der Waals surface area (Å²) in [6.07, 6.45) is 0. The second kappa shape index (κ2) is 7.22. The normalized spacial score (nSPS) is 9.90. The molecule has 0 heterocycles. The van der Waals surface area contributed by atoms with Gasteiger partial charge in [-0.25, -0.2) is 0 Å². The van der Waals surface area contributed by atoms with E-state index in [9.17, 15) is 4.79 Å².